The van der Waals surface area contributed by atoms with Gasteiger partial charge in [-0.1, -0.05) is 0 Å². The van der Waals surface area contributed by atoms with Gasteiger partial charge in [0.1, 0.15) is 0 Å². The van der Waals surface area contributed by atoms with Crippen molar-refractivity contribution >= 4 is 28.4 Å². The number of aryl methyl sites for hydroxylation is 1. The summed E-state index contributed by atoms with van der Waals surface area (Å²) in [5.74, 6) is 0.570. The van der Waals surface area contributed by atoms with Gasteiger partial charge in [-0.25, -0.2) is 4.98 Å². The summed E-state index contributed by atoms with van der Waals surface area (Å²) >= 11 is 0. The Labute approximate surface area is 125 Å². The summed E-state index contributed by atoms with van der Waals surface area (Å²) in [6, 6.07) is 13.6. The van der Waals surface area contributed by atoms with Crippen molar-refractivity contribution in [1.29, 1.82) is 5.26 Å². The summed E-state index contributed by atoms with van der Waals surface area (Å²) in [5.41, 5.74) is 2.71. The van der Waals surface area contributed by atoms with Gasteiger partial charge < -0.3 is 9.88 Å². The van der Waals surface area contributed by atoms with Crippen LogP contribution in [0, 0.1) is 21.4 Å². The van der Waals surface area contributed by atoms with E-state index < -0.39 is 4.92 Å². The van der Waals surface area contributed by atoms with Crippen LogP contribution in [-0.2, 0) is 7.05 Å². The normalized spacial score (nSPS) is 10.4. The molecule has 0 fully saturated rings. The number of rotatable bonds is 3. The average molecular weight is 293 g/mol. The molecule has 0 radical (unpaired) electrons. The Hall–Kier alpha value is -3.40. The Morgan fingerprint density at radius 3 is 2.64 bits per heavy atom. The van der Waals surface area contributed by atoms with Crippen LogP contribution in [0.1, 0.15) is 5.56 Å². The molecule has 0 amide bonds. The van der Waals surface area contributed by atoms with E-state index in [2.05, 4.69) is 16.4 Å². The summed E-state index contributed by atoms with van der Waals surface area (Å²) in [4.78, 5) is 14.7. The van der Waals surface area contributed by atoms with Crippen LogP contribution in [0.3, 0.4) is 0 Å². The molecule has 0 unspecified atom stereocenters. The molecule has 2 aromatic carbocycles. The van der Waals surface area contributed by atoms with Gasteiger partial charge in [0, 0.05) is 24.9 Å². The third-order valence-electron chi connectivity index (χ3n) is 3.35. The lowest BCUT2D eigenvalue weighted by Gasteiger charge is -2.05. The zero-order chi connectivity index (χ0) is 15.7. The van der Waals surface area contributed by atoms with Crippen LogP contribution in [0.4, 0.5) is 17.3 Å². The minimum atomic E-state index is -0.443. The molecule has 0 saturated heterocycles. The molecule has 7 nitrogen and oxygen atoms in total. The predicted octanol–water partition coefficient (Wildman–Crippen LogP) is 3.10. The van der Waals surface area contributed by atoms with Crippen molar-refractivity contribution in [2.24, 2.45) is 7.05 Å². The van der Waals surface area contributed by atoms with E-state index in [9.17, 15) is 10.1 Å². The van der Waals surface area contributed by atoms with Crippen molar-refractivity contribution in [1.82, 2.24) is 9.55 Å². The van der Waals surface area contributed by atoms with Crippen molar-refractivity contribution in [3.63, 3.8) is 0 Å². The largest absolute Gasteiger partial charge is 0.326 e. The molecule has 0 aliphatic rings. The second-order valence-electron chi connectivity index (χ2n) is 4.74. The van der Waals surface area contributed by atoms with E-state index in [1.165, 1.54) is 12.1 Å². The van der Waals surface area contributed by atoms with Crippen molar-refractivity contribution in [2.75, 3.05) is 5.32 Å². The molecular formula is C15H11N5O2. The molecular weight excluding hydrogens is 282 g/mol. The first-order chi connectivity index (χ1) is 10.6. The summed E-state index contributed by atoms with van der Waals surface area (Å²) < 4.78 is 1.82. The average Bonchev–Trinajstić information content (AvgIpc) is 2.84. The fraction of sp³-hybridized carbons (Fsp3) is 0.0667. The van der Waals surface area contributed by atoms with E-state index in [0.29, 0.717) is 17.0 Å². The van der Waals surface area contributed by atoms with Gasteiger partial charge in [0.2, 0.25) is 5.95 Å². The topological polar surface area (TPSA) is 96.8 Å². The molecule has 1 N–H and O–H groups in total. The first kappa shape index (κ1) is 13.6. The molecule has 108 valence electrons. The standard InChI is InChI=1S/C15H11N5O2/c1-19-14-7-6-12(20(21)22)8-13(14)18-15(19)17-11-4-2-10(9-16)3-5-11/h2-8H,1H3,(H,17,18). The number of fused-ring (bicyclic) bond motifs is 1. The van der Waals surface area contributed by atoms with Gasteiger partial charge in [0.25, 0.3) is 5.69 Å². The minimum absolute atomic E-state index is 0.00974. The number of nitriles is 1. The van der Waals surface area contributed by atoms with E-state index in [-0.39, 0.29) is 5.69 Å². The maximum Gasteiger partial charge on any atom is 0.271 e. The number of nitro groups is 1. The third-order valence-corrected chi connectivity index (χ3v) is 3.35. The molecule has 7 heteroatoms. The third kappa shape index (κ3) is 2.33. The lowest BCUT2D eigenvalue weighted by atomic mass is 10.2. The van der Waals surface area contributed by atoms with E-state index in [1.54, 1.807) is 30.3 Å². The SMILES string of the molecule is Cn1c(Nc2ccc(C#N)cc2)nc2cc([N+](=O)[O-])ccc21. The molecule has 0 bridgehead atoms. The summed E-state index contributed by atoms with van der Waals surface area (Å²) in [6.07, 6.45) is 0. The Kier molecular flexibility index (Phi) is 3.20. The fourth-order valence-corrected chi connectivity index (χ4v) is 2.17. The summed E-state index contributed by atoms with van der Waals surface area (Å²) in [7, 11) is 1.83. The quantitative estimate of drug-likeness (QED) is 0.591. The first-order valence-corrected chi connectivity index (χ1v) is 6.46. The first-order valence-electron chi connectivity index (χ1n) is 6.46. The van der Waals surface area contributed by atoms with E-state index in [0.717, 1.165) is 11.2 Å². The number of aromatic nitrogens is 2. The fourth-order valence-electron chi connectivity index (χ4n) is 2.17. The van der Waals surface area contributed by atoms with Gasteiger partial charge in [-0.05, 0) is 30.3 Å². The van der Waals surface area contributed by atoms with Gasteiger partial charge in [-0.2, -0.15) is 5.26 Å². The Bertz CT molecular complexity index is 906. The molecule has 3 aromatic rings. The van der Waals surface area contributed by atoms with Crippen molar-refractivity contribution in [2.45, 2.75) is 0 Å². The van der Waals surface area contributed by atoms with Crippen LogP contribution < -0.4 is 5.32 Å². The van der Waals surface area contributed by atoms with Crippen LogP contribution in [-0.4, -0.2) is 14.5 Å². The molecule has 3 rings (SSSR count). The smallest absolute Gasteiger partial charge is 0.271 e. The molecule has 0 atom stereocenters. The van der Waals surface area contributed by atoms with E-state index in [1.807, 2.05) is 11.6 Å². The number of anilines is 2. The number of imidazole rings is 1. The zero-order valence-corrected chi connectivity index (χ0v) is 11.6. The molecule has 0 aliphatic heterocycles. The molecule has 22 heavy (non-hydrogen) atoms. The van der Waals surface area contributed by atoms with Crippen LogP contribution >= 0.6 is 0 Å². The van der Waals surface area contributed by atoms with Crippen LogP contribution in [0.5, 0.6) is 0 Å². The van der Waals surface area contributed by atoms with Gasteiger partial charge in [-0.15, -0.1) is 0 Å². The van der Waals surface area contributed by atoms with Gasteiger partial charge in [0.05, 0.1) is 27.6 Å². The maximum absolute atomic E-state index is 10.8. The van der Waals surface area contributed by atoms with Gasteiger partial charge in [0.15, 0.2) is 0 Å². The van der Waals surface area contributed by atoms with Gasteiger partial charge >= 0.3 is 0 Å². The van der Waals surface area contributed by atoms with Crippen LogP contribution in [0.2, 0.25) is 0 Å². The van der Waals surface area contributed by atoms with Crippen LogP contribution in [0.25, 0.3) is 11.0 Å². The Morgan fingerprint density at radius 1 is 1.27 bits per heavy atom. The number of hydrogen-bond acceptors (Lipinski definition) is 5. The zero-order valence-electron chi connectivity index (χ0n) is 11.6. The minimum Gasteiger partial charge on any atom is -0.326 e. The monoisotopic (exact) mass is 293 g/mol. The molecule has 0 saturated carbocycles. The molecule has 1 aromatic heterocycles. The Balaban J connectivity index is 1.98. The number of non-ortho nitro benzene ring substituents is 1. The maximum atomic E-state index is 10.8. The van der Waals surface area contributed by atoms with Gasteiger partial charge in [-0.3, -0.25) is 10.1 Å². The lowest BCUT2D eigenvalue weighted by Crippen LogP contribution is -1.98. The highest BCUT2D eigenvalue weighted by atomic mass is 16.6. The van der Waals surface area contributed by atoms with E-state index >= 15 is 0 Å². The second-order valence-corrected chi connectivity index (χ2v) is 4.74. The highest BCUT2D eigenvalue weighted by Crippen LogP contribution is 2.25. The van der Waals surface area contributed by atoms with E-state index in [4.69, 9.17) is 5.26 Å². The number of nitrogens with one attached hydrogen (secondary N) is 1. The molecule has 1 heterocycles. The van der Waals surface area contributed by atoms with Crippen molar-refractivity contribution < 1.29 is 4.92 Å². The number of nitro benzene ring substituents is 1. The van der Waals surface area contributed by atoms with Crippen LogP contribution in [0.15, 0.2) is 42.5 Å². The summed E-state index contributed by atoms with van der Waals surface area (Å²) in [6.45, 7) is 0. The number of benzene rings is 2. The van der Waals surface area contributed by atoms with Crippen molar-refractivity contribution in [3.05, 3.63) is 58.1 Å². The highest BCUT2D eigenvalue weighted by Gasteiger charge is 2.12. The lowest BCUT2D eigenvalue weighted by molar-refractivity contribution is -0.384. The van der Waals surface area contributed by atoms with Crippen molar-refractivity contribution in [3.8, 4) is 6.07 Å². The molecule has 0 aliphatic carbocycles. The second kappa shape index (κ2) is 5.18. The highest BCUT2D eigenvalue weighted by molar-refractivity contribution is 5.81. The Morgan fingerprint density at radius 2 is 2.00 bits per heavy atom. The predicted molar refractivity (Wildman–Crippen MR) is 81.8 cm³/mol. The summed E-state index contributed by atoms with van der Waals surface area (Å²) in [5, 5.41) is 22.7. The number of nitrogens with zero attached hydrogens (tertiary/aromatic N) is 4. The number of hydrogen-bond donors (Lipinski definition) is 1. The molecule has 0 spiro atoms.